The van der Waals surface area contributed by atoms with E-state index in [1.807, 2.05) is 38.1 Å². The number of hydrogen-bond acceptors (Lipinski definition) is 4. The van der Waals surface area contributed by atoms with Crippen LogP contribution in [0.1, 0.15) is 48.4 Å². The van der Waals surface area contributed by atoms with E-state index in [2.05, 4.69) is 24.4 Å². The van der Waals surface area contributed by atoms with Gasteiger partial charge in [-0.2, -0.15) is 0 Å². The quantitative estimate of drug-likeness (QED) is 0.354. The Morgan fingerprint density at radius 1 is 1.00 bits per heavy atom. The first-order chi connectivity index (χ1) is 15.7. The smallest absolute Gasteiger partial charge is 0.339 e. The van der Waals surface area contributed by atoms with Crippen molar-refractivity contribution in [1.29, 1.82) is 0 Å². The van der Waals surface area contributed by atoms with E-state index < -0.39 is 12.1 Å². The number of carboxylic acid groups (broad SMARTS) is 1. The molecule has 0 aliphatic heterocycles. The van der Waals surface area contributed by atoms with Crippen LogP contribution in [0.3, 0.4) is 0 Å². The van der Waals surface area contributed by atoms with Crippen LogP contribution in [0.15, 0.2) is 66.7 Å². The number of rotatable bonds is 10. The topological polar surface area (TPSA) is 78.8 Å². The maximum Gasteiger partial charge on any atom is 0.339 e. The van der Waals surface area contributed by atoms with Gasteiger partial charge in [0, 0.05) is 17.6 Å². The molecule has 0 heterocycles. The molecule has 0 amide bonds. The zero-order chi connectivity index (χ0) is 24.0. The van der Waals surface area contributed by atoms with Crippen molar-refractivity contribution in [2.75, 3.05) is 6.54 Å². The number of carboxylic acids is 1. The van der Waals surface area contributed by atoms with Gasteiger partial charge in [-0.3, -0.25) is 0 Å². The van der Waals surface area contributed by atoms with Crippen LogP contribution in [-0.4, -0.2) is 34.9 Å². The molecule has 174 valence electrons. The molecule has 6 heteroatoms. The molecule has 0 fully saturated rings. The van der Waals surface area contributed by atoms with Crippen LogP contribution in [0.5, 0.6) is 5.75 Å². The van der Waals surface area contributed by atoms with Crippen LogP contribution < -0.4 is 10.1 Å². The number of hydrogen-bond donors (Lipinski definition) is 3. The van der Waals surface area contributed by atoms with Gasteiger partial charge >= 0.3 is 5.97 Å². The Balaban J connectivity index is 1.62. The molecule has 0 saturated carbocycles. The van der Waals surface area contributed by atoms with Crippen LogP contribution in [-0.2, 0) is 6.42 Å². The number of aliphatic hydroxyl groups excluding tert-OH is 1. The zero-order valence-corrected chi connectivity index (χ0v) is 19.8. The average molecular weight is 468 g/mol. The average Bonchev–Trinajstić information content (AvgIpc) is 2.77. The van der Waals surface area contributed by atoms with E-state index in [-0.39, 0.29) is 17.7 Å². The van der Waals surface area contributed by atoms with E-state index in [0.29, 0.717) is 17.3 Å². The fourth-order valence-electron chi connectivity index (χ4n) is 3.63. The molecule has 5 nitrogen and oxygen atoms in total. The third-order valence-electron chi connectivity index (χ3n) is 5.30. The standard InChI is InChI=1S/C27H30ClNO4/c1-17(2)33-26-15-21(11-12-24(26)27(31)32)20-9-7-19(8-10-20)13-18(3)29-16-25(30)22-5-4-6-23(28)14-22/h4-12,14-15,17-18,25,29-30H,13,16H2,1-3H3,(H,31,32)/t18-,25+/m1/s1. The lowest BCUT2D eigenvalue weighted by Crippen LogP contribution is -2.32. The van der Waals surface area contributed by atoms with Gasteiger partial charge in [-0.25, -0.2) is 4.79 Å². The van der Waals surface area contributed by atoms with Crippen LogP contribution >= 0.6 is 11.6 Å². The van der Waals surface area contributed by atoms with E-state index in [0.717, 1.165) is 28.7 Å². The van der Waals surface area contributed by atoms with Gasteiger partial charge in [0.15, 0.2) is 0 Å². The van der Waals surface area contributed by atoms with E-state index in [9.17, 15) is 15.0 Å². The second-order valence-electron chi connectivity index (χ2n) is 8.46. The minimum atomic E-state index is -1.01. The minimum Gasteiger partial charge on any atom is -0.490 e. The lowest BCUT2D eigenvalue weighted by molar-refractivity contribution is 0.0690. The first kappa shape index (κ1) is 24.8. The highest BCUT2D eigenvalue weighted by molar-refractivity contribution is 6.30. The molecule has 2 atom stereocenters. The van der Waals surface area contributed by atoms with Gasteiger partial charge in [0.2, 0.25) is 0 Å². The van der Waals surface area contributed by atoms with Gasteiger partial charge < -0.3 is 20.3 Å². The molecule has 3 N–H and O–H groups in total. The number of aromatic carboxylic acids is 1. The second-order valence-corrected chi connectivity index (χ2v) is 8.90. The van der Waals surface area contributed by atoms with Gasteiger partial charge in [0.25, 0.3) is 0 Å². The van der Waals surface area contributed by atoms with Crippen LogP contribution in [0.25, 0.3) is 11.1 Å². The highest BCUT2D eigenvalue weighted by Gasteiger charge is 2.14. The number of nitrogens with one attached hydrogen (secondary N) is 1. The summed E-state index contributed by atoms with van der Waals surface area (Å²) < 4.78 is 5.71. The SMILES string of the molecule is CC(C)Oc1cc(-c2ccc(C[C@@H](C)NC[C@H](O)c3cccc(Cl)c3)cc2)ccc1C(=O)O. The minimum absolute atomic E-state index is 0.118. The van der Waals surface area contributed by atoms with Gasteiger partial charge in [0.05, 0.1) is 12.2 Å². The van der Waals surface area contributed by atoms with Crippen molar-refractivity contribution in [3.05, 3.63) is 88.4 Å². The molecular formula is C27H30ClNO4. The fourth-order valence-corrected chi connectivity index (χ4v) is 3.83. The summed E-state index contributed by atoms with van der Waals surface area (Å²) in [6, 6.07) is 20.8. The summed E-state index contributed by atoms with van der Waals surface area (Å²) in [6.45, 7) is 6.26. The Hall–Kier alpha value is -2.86. The van der Waals surface area contributed by atoms with Crippen molar-refractivity contribution in [2.45, 2.75) is 45.4 Å². The molecule has 0 aliphatic rings. The van der Waals surface area contributed by atoms with E-state index in [1.54, 1.807) is 30.3 Å². The van der Waals surface area contributed by atoms with E-state index in [4.69, 9.17) is 16.3 Å². The second kappa shape index (κ2) is 11.3. The molecule has 33 heavy (non-hydrogen) atoms. The summed E-state index contributed by atoms with van der Waals surface area (Å²) in [5.74, 6) is -0.635. The van der Waals surface area contributed by atoms with E-state index >= 15 is 0 Å². The summed E-state index contributed by atoms with van der Waals surface area (Å²) in [7, 11) is 0. The predicted molar refractivity (Wildman–Crippen MR) is 132 cm³/mol. The molecular weight excluding hydrogens is 438 g/mol. The van der Waals surface area contributed by atoms with Crippen molar-refractivity contribution in [3.63, 3.8) is 0 Å². The van der Waals surface area contributed by atoms with Gasteiger partial charge in [-0.1, -0.05) is 54.1 Å². The van der Waals surface area contributed by atoms with Crippen LogP contribution in [0.4, 0.5) is 0 Å². The van der Waals surface area contributed by atoms with Crippen molar-refractivity contribution in [1.82, 2.24) is 5.32 Å². The predicted octanol–water partition coefficient (Wildman–Crippen LogP) is 5.75. The molecule has 0 aliphatic carbocycles. The Morgan fingerprint density at radius 2 is 1.70 bits per heavy atom. The number of carbonyl (C=O) groups is 1. The Labute approximate surface area is 200 Å². The summed E-state index contributed by atoms with van der Waals surface area (Å²) in [5.41, 5.74) is 4.00. The monoisotopic (exact) mass is 467 g/mol. The molecule has 0 unspecified atom stereocenters. The van der Waals surface area contributed by atoms with Gasteiger partial charge in [-0.15, -0.1) is 0 Å². The normalized spacial score (nSPS) is 13.0. The molecule has 0 spiro atoms. The Bertz CT molecular complexity index is 1080. The number of ether oxygens (including phenoxy) is 1. The summed E-state index contributed by atoms with van der Waals surface area (Å²) >= 11 is 6.00. The fraction of sp³-hybridized carbons (Fsp3) is 0.296. The van der Waals surface area contributed by atoms with Crippen molar-refractivity contribution in [3.8, 4) is 16.9 Å². The first-order valence-corrected chi connectivity index (χ1v) is 11.4. The lowest BCUT2D eigenvalue weighted by atomic mass is 9.99. The van der Waals surface area contributed by atoms with Crippen LogP contribution in [0.2, 0.25) is 5.02 Å². The Morgan fingerprint density at radius 3 is 2.33 bits per heavy atom. The Kier molecular flexibility index (Phi) is 8.50. The first-order valence-electron chi connectivity index (χ1n) is 11.0. The van der Waals surface area contributed by atoms with E-state index in [1.165, 1.54) is 0 Å². The highest BCUT2D eigenvalue weighted by atomic mass is 35.5. The molecule has 3 aromatic rings. The maximum absolute atomic E-state index is 11.5. The van der Waals surface area contributed by atoms with Crippen molar-refractivity contribution in [2.24, 2.45) is 0 Å². The maximum atomic E-state index is 11.5. The number of benzene rings is 3. The summed E-state index contributed by atoms with van der Waals surface area (Å²) in [4.78, 5) is 11.5. The number of halogens is 1. The third kappa shape index (κ3) is 7.06. The van der Waals surface area contributed by atoms with Crippen LogP contribution in [0, 0.1) is 0 Å². The molecule has 0 bridgehead atoms. The highest BCUT2D eigenvalue weighted by Crippen LogP contribution is 2.29. The van der Waals surface area contributed by atoms with Crippen molar-refractivity contribution >= 4 is 17.6 Å². The molecule has 0 saturated heterocycles. The molecule has 3 aromatic carbocycles. The molecule has 0 aromatic heterocycles. The van der Waals surface area contributed by atoms with Gasteiger partial charge in [-0.05, 0) is 73.7 Å². The lowest BCUT2D eigenvalue weighted by Gasteiger charge is -2.18. The largest absolute Gasteiger partial charge is 0.490 e. The summed E-state index contributed by atoms with van der Waals surface area (Å²) in [5, 5.41) is 23.8. The summed E-state index contributed by atoms with van der Waals surface area (Å²) in [6.07, 6.45) is 0.0685. The van der Waals surface area contributed by atoms with Crippen molar-refractivity contribution < 1.29 is 19.7 Å². The zero-order valence-electron chi connectivity index (χ0n) is 19.1. The number of aliphatic hydroxyl groups is 1. The third-order valence-corrected chi connectivity index (χ3v) is 5.53. The molecule has 0 radical (unpaired) electrons. The van der Waals surface area contributed by atoms with Gasteiger partial charge in [0.1, 0.15) is 11.3 Å². The molecule has 3 rings (SSSR count).